The number of aromatic carboxylic acids is 1. The molecule has 1 atom stereocenters. The second-order valence-corrected chi connectivity index (χ2v) is 9.72. The zero-order valence-electron chi connectivity index (χ0n) is 21.7. The molecule has 0 saturated carbocycles. The van der Waals surface area contributed by atoms with Gasteiger partial charge in [-0.25, -0.2) is 4.79 Å². The van der Waals surface area contributed by atoms with E-state index in [2.05, 4.69) is 15.5 Å². The number of hydrogen-bond acceptors (Lipinski definition) is 5. The summed E-state index contributed by atoms with van der Waals surface area (Å²) in [6.07, 6.45) is 2.23. The van der Waals surface area contributed by atoms with Gasteiger partial charge in [-0.15, -0.1) is 0 Å². The number of carboxylic acid groups (broad SMARTS) is 1. The standard InChI is InChI=1S/C33H25N3O4/c1-20(22-11-13-25(14-12-22)33(38)39)35-32(37)27-18-26(23-6-3-2-4-7-23)19-30-31(27)29(36-40-30)17-21-9-10-24-8-5-15-34-28(24)16-21/h2-16,18-20H,17H2,1H3,(H,35,37)(H,38,39)/t20-/m0/s1. The third-order valence-electron chi connectivity index (χ3n) is 7.04. The Balaban J connectivity index is 1.39. The van der Waals surface area contributed by atoms with E-state index in [-0.39, 0.29) is 17.5 Å². The van der Waals surface area contributed by atoms with E-state index in [1.54, 1.807) is 18.3 Å². The van der Waals surface area contributed by atoms with Gasteiger partial charge in [-0.2, -0.15) is 0 Å². The number of hydrogen-bond donors (Lipinski definition) is 2. The lowest BCUT2D eigenvalue weighted by atomic mass is 9.96. The third-order valence-corrected chi connectivity index (χ3v) is 7.04. The summed E-state index contributed by atoms with van der Waals surface area (Å²) in [6.45, 7) is 1.86. The molecule has 40 heavy (non-hydrogen) atoms. The molecule has 1 amide bonds. The molecule has 0 aliphatic carbocycles. The Labute approximate surface area is 230 Å². The molecular weight excluding hydrogens is 502 g/mol. The smallest absolute Gasteiger partial charge is 0.335 e. The number of fused-ring (bicyclic) bond motifs is 2. The quantitative estimate of drug-likeness (QED) is 0.236. The van der Waals surface area contributed by atoms with Crippen molar-refractivity contribution in [1.82, 2.24) is 15.5 Å². The molecule has 7 nitrogen and oxygen atoms in total. The predicted molar refractivity (Wildman–Crippen MR) is 153 cm³/mol. The predicted octanol–water partition coefficient (Wildman–Crippen LogP) is 6.82. The molecule has 6 rings (SSSR count). The summed E-state index contributed by atoms with van der Waals surface area (Å²) in [5, 5.41) is 18.4. The van der Waals surface area contributed by atoms with Crippen LogP contribution in [0.2, 0.25) is 0 Å². The van der Waals surface area contributed by atoms with Crippen LogP contribution in [0.1, 0.15) is 50.5 Å². The monoisotopic (exact) mass is 527 g/mol. The Morgan fingerprint density at radius 2 is 1.70 bits per heavy atom. The van der Waals surface area contributed by atoms with Crippen molar-refractivity contribution in [2.75, 3.05) is 0 Å². The zero-order chi connectivity index (χ0) is 27.6. The Hall–Kier alpha value is -5.30. The normalized spacial score (nSPS) is 11.9. The number of amides is 1. The summed E-state index contributed by atoms with van der Waals surface area (Å²) in [6, 6.07) is 29.7. The molecule has 2 aromatic heterocycles. The van der Waals surface area contributed by atoms with E-state index in [9.17, 15) is 14.7 Å². The lowest BCUT2D eigenvalue weighted by molar-refractivity contribution is 0.0696. The largest absolute Gasteiger partial charge is 0.478 e. The lowest BCUT2D eigenvalue weighted by Crippen LogP contribution is -2.27. The first-order chi connectivity index (χ1) is 19.5. The van der Waals surface area contributed by atoms with Crippen LogP contribution in [0.5, 0.6) is 0 Å². The first kappa shape index (κ1) is 25.0. The summed E-state index contributed by atoms with van der Waals surface area (Å²) in [4.78, 5) is 29.5. The van der Waals surface area contributed by atoms with Crippen LogP contribution in [0.15, 0.2) is 108 Å². The van der Waals surface area contributed by atoms with Gasteiger partial charge in [-0.3, -0.25) is 9.78 Å². The number of carboxylic acids is 1. The van der Waals surface area contributed by atoms with Crippen LogP contribution in [0.4, 0.5) is 0 Å². The minimum absolute atomic E-state index is 0.192. The van der Waals surface area contributed by atoms with Crippen molar-refractivity contribution in [2.24, 2.45) is 0 Å². The maximum atomic E-state index is 13.8. The first-order valence-electron chi connectivity index (χ1n) is 12.9. The van der Waals surface area contributed by atoms with Gasteiger partial charge in [-0.1, -0.05) is 65.8 Å². The van der Waals surface area contributed by atoms with Crippen molar-refractivity contribution in [2.45, 2.75) is 19.4 Å². The molecule has 0 fully saturated rings. The highest BCUT2D eigenvalue weighted by molar-refractivity contribution is 6.08. The molecule has 0 radical (unpaired) electrons. The molecule has 0 saturated heterocycles. The Morgan fingerprint density at radius 1 is 0.900 bits per heavy atom. The molecule has 2 heterocycles. The molecule has 0 aliphatic rings. The highest BCUT2D eigenvalue weighted by Crippen LogP contribution is 2.32. The van der Waals surface area contributed by atoms with Crippen LogP contribution in [0, 0.1) is 0 Å². The highest BCUT2D eigenvalue weighted by Gasteiger charge is 2.22. The summed E-state index contributed by atoms with van der Waals surface area (Å²) in [5.41, 5.74) is 6.32. The third kappa shape index (κ3) is 4.92. The number of rotatable bonds is 7. The second kappa shape index (κ2) is 10.5. The molecule has 0 spiro atoms. The fourth-order valence-electron chi connectivity index (χ4n) is 4.92. The van der Waals surface area contributed by atoms with Gasteiger partial charge in [0.15, 0.2) is 5.58 Å². The van der Waals surface area contributed by atoms with E-state index >= 15 is 0 Å². The molecule has 7 heteroatoms. The SMILES string of the molecule is C[C@H](NC(=O)c1cc(-c2ccccc2)cc2onc(Cc3ccc4cccnc4c3)c12)c1ccc(C(=O)O)cc1. The molecule has 0 bridgehead atoms. The number of carbonyl (C=O) groups excluding carboxylic acids is 1. The van der Waals surface area contributed by atoms with Gasteiger partial charge in [0, 0.05) is 18.0 Å². The summed E-state index contributed by atoms with van der Waals surface area (Å²) >= 11 is 0. The summed E-state index contributed by atoms with van der Waals surface area (Å²) in [5.74, 6) is -1.27. The molecule has 196 valence electrons. The molecule has 2 N–H and O–H groups in total. The van der Waals surface area contributed by atoms with E-state index < -0.39 is 5.97 Å². The van der Waals surface area contributed by atoms with Gasteiger partial charge in [0.05, 0.1) is 33.8 Å². The summed E-state index contributed by atoms with van der Waals surface area (Å²) in [7, 11) is 0. The maximum Gasteiger partial charge on any atom is 0.335 e. The van der Waals surface area contributed by atoms with E-state index in [0.717, 1.165) is 33.2 Å². The fraction of sp³-hybridized carbons (Fsp3) is 0.0909. The number of nitrogens with zero attached hydrogens (tertiary/aromatic N) is 2. The maximum absolute atomic E-state index is 13.8. The number of benzene rings is 4. The molecular formula is C33H25N3O4. The van der Waals surface area contributed by atoms with Crippen molar-refractivity contribution in [3.63, 3.8) is 0 Å². The van der Waals surface area contributed by atoms with Crippen LogP contribution in [-0.4, -0.2) is 27.1 Å². The van der Waals surface area contributed by atoms with Crippen molar-refractivity contribution in [3.8, 4) is 11.1 Å². The number of aromatic nitrogens is 2. The van der Waals surface area contributed by atoms with E-state index in [1.165, 1.54) is 12.1 Å². The van der Waals surface area contributed by atoms with Crippen molar-refractivity contribution >= 4 is 33.7 Å². The van der Waals surface area contributed by atoms with Gasteiger partial charge in [-0.05, 0) is 65.6 Å². The molecule has 4 aromatic carbocycles. The topological polar surface area (TPSA) is 105 Å². The van der Waals surface area contributed by atoms with Crippen LogP contribution in [0.25, 0.3) is 33.0 Å². The zero-order valence-corrected chi connectivity index (χ0v) is 21.7. The van der Waals surface area contributed by atoms with Gasteiger partial charge in [0.2, 0.25) is 0 Å². The Bertz CT molecular complexity index is 1860. The lowest BCUT2D eigenvalue weighted by Gasteiger charge is -2.16. The van der Waals surface area contributed by atoms with Crippen LogP contribution < -0.4 is 5.32 Å². The van der Waals surface area contributed by atoms with Crippen LogP contribution in [0.3, 0.4) is 0 Å². The Morgan fingerprint density at radius 3 is 2.48 bits per heavy atom. The number of nitrogens with one attached hydrogen (secondary N) is 1. The Kier molecular flexibility index (Phi) is 6.54. The van der Waals surface area contributed by atoms with E-state index in [0.29, 0.717) is 28.6 Å². The van der Waals surface area contributed by atoms with E-state index in [4.69, 9.17) is 4.52 Å². The van der Waals surface area contributed by atoms with Gasteiger partial charge >= 0.3 is 5.97 Å². The van der Waals surface area contributed by atoms with Crippen LogP contribution >= 0.6 is 0 Å². The number of carbonyl (C=O) groups is 2. The van der Waals surface area contributed by atoms with Gasteiger partial charge < -0.3 is 14.9 Å². The summed E-state index contributed by atoms with van der Waals surface area (Å²) < 4.78 is 5.79. The fourth-order valence-corrected chi connectivity index (χ4v) is 4.92. The van der Waals surface area contributed by atoms with Crippen molar-refractivity contribution < 1.29 is 19.2 Å². The minimum Gasteiger partial charge on any atom is -0.478 e. The van der Waals surface area contributed by atoms with Crippen LogP contribution in [-0.2, 0) is 6.42 Å². The average Bonchev–Trinajstić information content (AvgIpc) is 3.39. The number of pyridine rings is 1. The first-order valence-corrected chi connectivity index (χ1v) is 12.9. The molecule has 0 unspecified atom stereocenters. The average molecular weight is 528 g/mol. The van der Waals surface area contributed by atoms with Crippen molar-refractivity contribution in [1.29, 1.82) is 0 Å². The highest BCUT2D eigenvalue weighted by atomic mass is 16.5. The minimum atomic E-state index is -0.995. The second-order valence-electron chi connectivity index (χ2n) is 9.72. The van der Waals surface area contributed by atoms with Gasteiger partial charge in [0.25, 0.3) is 5.91 Å². The van der Waals surface area contributed by atoms with E-state index in [1.807, 2.05) is 79.7 Å². The van der Waals surface area contributed by atoms with Crippen molar-refractivity contribution in [3.05, 3.63) is 131 Å². The molecule has 6 aromatic rings. The van der Waals surface area contributed by atoms with Gasteiger partial charge in [0.1, 0.15) is 0 Å². The molecule has 0 aliphatic heterocycles.